The SMILES string of the molecule is CCSc1nc2ccccc2n1C(=O)C=Cc1cccc(F)c1. The van der Waals surface area contributed by atoms with Crippen molar-refractivity contribution in [2.24, 2.45) is 0 Å². The van der Waals surface area contributed by atoms with Crippen molar-refractivity contribution in [3.8, 4) is 0 Å². The molecule has 0 radical (unpaired) electrons. The monoisotopic (exact) mass is 326 g/mol. The van der Waals surface area contributed by atoms with E-state index in [1.165, 1.54) is 30.0 Å². The van der Waals surface area contributed by atoms with Gasteiger partial charge in [0.15, 0.2) is 5.16 Å². The Kier molecular flexibility index (Phi) is 4.57. The Balaban J connectivity index is 1.98. The minimum Gasteiger partial charge on any atom is -0.269 e. The molecule has 0 saturated heterocycles. The van der Waals surface area contributed by atoms with Gasteiger partial charge in [-0.3, -0.25) is 9.36 Å². The average Bonchev–Trinajstić information content (AvgIpc) is 2.91. The van der Waals surface area contributed by atoms with Crippen LogP contribution in [0.1, 0.15) is 17.3 Å². The number of imidazole rings is 1. The molecule has 0 unspecified atom stereocenters. The maximum Gasteiger partial charge on any atom is 0.257 e. The molecule has 0 atom stereocenters. The van der Waals surface area contributed by atoms with Crippen molar-refractivity contribution in [2.45, 2.75) is 12.1 Å². The standard InChI is InChI=1S/C18H15FN2OS/c1-2-23-18-20-15-8-3-4-9-16(15)21(18)17(22)11-10-13-6-5-7-14(19)12-13/h3-12H,2H2,1H3. The summed E-state index contributed by atoms with van der Waals surface area (Å²) in [5.41, 5.74) is 2.21. The third-order valence-electron chi connectivity index (χ3n) is 3.29. The normalized spacial score (nSPS) is 11.4. The minimum atomic E-state index is -0.324. The lowest BCUT2D eigenvalue weighted by Gasteiger charge is -2.03. The van der Waals surface area contributed by atoms with E-state index in [0.29, 0.717) is 10.7 Å². The number of carbonyl (C=O) groups is 1. The molecule has 116 valence electrons. The second kappa shape index (κ2) is 6.79. The fraction of sp³-hybridized carbons (Fsp3) is 0.111. The van der Waals surface area contributed by atoms with Gasteiger partial charge in [-0.05, 0) is 41.7 Å². The molecule has 5 heteroatoms. The second-order valence-electron chi connectivity index (χ2n) is 4.88. The smallest absolute Gasteiger partial charge is 0.257 e. The van der Waals surface area contributed by atoms with Gasteiger partial charge in [-0.2, -0.15) is 0 Å². The summed E-state index contributed by atoms with van der Waals surface area (Å²) in [5.74, 6) is 0.304. The maximum absolute atomic E-state index is 13.2. The van der Waals surface area contributed by atoms with E-state index >= 15 is 0 Å². The molecule has 0 aliphatic rings. The van der Waals surface area contributed by atoms with Crippen LogP contribution in [-0.2, 0) is 0 Å². The highest BCUT2D eigenvalue weighted by Gasteiger charge is 2.14. The Bertz CT molecular complexity index is 886. The van der Waals surface area contributed by atoms with Crippen molar-refractivity contribution in [3.05, 3.63) is 66.0 Å². The van der Waals surface area contributed by atoms with Gasteiger partial charge in [0.05, 0.1) is 11.0 Å². The van der Waals surface area contributed by atoms with Gasteiger partial charge in [0.25, 0.3) is 5.91 Å². The van der Waals surface area contributed by atoms with Crippen LogP contribution in [0, 0.1) is 5.82 Å². The second-order valence-corrected chi connectivity index (χ2v) is 6.11. The van der Waals surface area contributed by atoms with Crippen molar-refractivity contribution in [1.82, 2.24) is 9.55 Å². The van der Waals surface area contributed by atoms with Crippen molar-refractivity contribution < 1.29 is 9.18 Å². The van der Waals surface area contributed by atoms with E-state index < -0.39 is 0 Å². The molecule has 3 nitrogen and oxygen atoms in total. The number of halogens is 1. The quantitative estimate of drug-likeness (QED) is 0.517. The molecule has 1 heterocycles. The molecule has 0 aliphatic carbocycles. The van der Waals surface area contributed by atoms with Crippen molar-refractivity contribution in [2.75, 3.05) is 5.75 Å². The van der Waals surface area contributed by atoms with Crippen LogP contribution in [0.3, 0.4) is 0 Å². The van der Waals surface area contributed by atoms with E-state index in [2.05, 4.69) is 4.98 Å². The summed E-state index contributed by atoms with van der Waals surface area (Å²) in [6, 6.07) is 13.7. The molecule has 0 N–H and O–H groups in total. The zero-order valence-corrected chi connectivity index (χ0v) is 13.4. The number of nitrogens with zero attached hydrogens (tertiary/aromatic N) is 2. The highest BCUT2D eigenvalue weighted by Crippen LogP contribution is 2.24. The third-order valence-corrected chi connectivity index (χ3v) is 4.11. The number of rotatable bonds is 4. The first-order chi connectivity index (χ1) is 11.2. The number of hydrogen-bond donors (Lipinski definition) is 0. The van der Waals surface area contributed by atoms with Crippen LogP contribution < -0.4 is 0 Å². The molecule has 2 aromatic carbocycles. The Labute approximate surface area is 137 Å². The number of allylic oxidation sites excluding steroid dienone is 1. The van der Waals surface area contributed by atoms with E-state index in [4.69, 9.17) is 0 Å². The van der Waals surface area contributed by atoms with Gasteiger partial charge in [-0.25, -0.2) is 9.37 Å². The molecule has 0 aliphatic heterocycles. The van der Waals surface area contributed by atoms with E-state index in [-0.39, 0.29) is 11.7 Å². The summed E-state index contributed by atoms with van der Waals surface area (Å²) >= 11 is 1.52. The summed E-state index contributed by atoms with van der Waals surface area (Å²) in [5, 5.41) is 0.669. The van der Waals surface area contributed by atoms with Crippen LogP contribution in [0.25, 0.3) is 17.1 Å². The van der Waals surface area contributed by atoms with Crippen molar-refractivity contribution in [3.63, 3.8) is 0 Å². The number of carbonyl (C=O) groups excluding carboxylic acids is 1. The van der Waals surface area contributed by atoms with Gasteiger partial charge in [-0.15, -0.1) is 0 Å². The van der Waals surface area contributed by atoms with E-state index in [1.54, 1.807) is 22.8 Å². The van der Waals surface area contributed by atoms with Gasteiger partial charge in [0, 0.05) is 6.08 Å². The number of para-hydroxylation sites is 2. The van der Waals surface area contributed by atoms with Crippen LogP contribution >= 0.6 is 11.8 Å². The first kappa shape index (κ1) is 15.5. The fourth-order valence-corrected chi connectivity index (χ4v) is 3.03. The van der Waals surface area contributed by atoms with E-state index in [9.17, 15) is 9.18 Å². The highest BCUT2D eigenvalue weighted by atomic mass is 32.2. The van der Waals surface area contributed by atoms with Gasteiger partial charge < -0.3 is 0 Å². The molecule has 0 bridgehead atoms. The van der Waals surface area contributed by atoms with Crippen LogP contribution in [0.4, 0.5) is 4.39 Å². The van der Waals surface area contributed by atoms with Gasteiger partial charge in [0.1, 0.15) is 5.82 Å². The van der Waals surface area contributed by atoms with Gasteiger partial charge >= 0.3 is 0 Å². The Morgan fingerprint density at radius 3 is 2.87 bits per heavy atom. The van der Waals surface area contributed by atoms with Gasteiger partial charge in [-0.1, -0.05) is 43.0 Å². The number of hydrogen-bond acceptors (Lipinski definition) is 3. The lowest BCUT2D eigenvalue weighted by atomic mass is 10.2. The molecule has 0 fully saturated rings. The summed E-state index contributed by atoms with van der Waals surface area (Å²) < 4.78 is 14.8. The Hall–Kier alpha value is -2.40. The zero-order valence-electron chi connectivity index (χ0n) is 12.6. The van der Waals surface area contributed by atoms with Crippen molar-refractivity contribution >= 4 is 34.8 Å². The summed E-state index contributed by atoms with van der Waals surface area (Å²) in [6.07, 6.45) is 3.06. The third kappa shape index (κ3) is 3.35. The molecule has 23 heavy (non-hydrogen) atoms. The van der Waals surface area contributed by atoms with Gasteiger partial charge in [0.2, 0.25) is 0 Å². The summed E-state index contributed by atoms with van der Waals surface area (Å²) in [6.45, 7) is 2.02. The van der Waals surface area contributed by atoms with Crippen LogP contribution in [0.2, 0.25) is 0 Å². The van der Waals surface area contributed by atoms with Crippen LogP contribution in [-0.4, -0.2) is 21.2 Å². The predicted octanol–water partition coefficient (Wildman–Crippen LogP) is 4.64. The number of thioether (sulfide) groups is 1. The van der Waals surface area contributed by atoms with E-state index in [0.717, 1.165) is 16.8 Å². The Morgan fingerprint density at radius 2 is 2.09 bits per heavy atom. The fourth-order valence-electron chi connectivity index (χ4n) is 2.30. The van der Waals surface area contributed by atoms with Crippen molar-refractivity contribution in [1.29, 1.82) is 0 Å². The average molecular weight is 326 g/mol. The highest BCUT2D eigenvalue weighted by molar-refractivity contribution is 7.99. The largest absolute Gasteiger partial charge is 0.269 e. The van der Waals surface area contributed by atoms with E-state index in [1.807, 2.05) is 31.2 Å². The first-order valence-corrected chi connectivity index (χ1v) is 8.26. The molecular formula is C18H15FN2OS. The first-order valence-electron chi connectivity index (χ1n) is 7.27. The van der Waals surface area contributed by atoms with Crippen LogP contribution in [0.5, 0.6) is 0 Å². The molecular weight excluding hydrogens is 311 g/mol. The maximum atomic E-state index is 13.2. The molecule has 3 aromatic rings. The molecule has 0 amide bonds. The number of benzene rings is 2. The molecule has 3 rings (SSSR count). The topological polar surface area (TPSA) is 34.9 Å². The molecule has 1 aromatic heterocycles. The number of aromatic nitrogens is 2. The Morgan fingerprint density at radius 1 is 1.26 bits per heavy atom. The molecule has 0 saturated carbocycles. The van der Waals surface area contributed by atoms with Crippen LogP contribution in [0.15, 0.2) is 59.8 Å². The lowest BCUT2D eigenvalue weighted by Crippen LogP contribution is -2.08. The zero-order chi connectivity index (χ0) is 16.2. The predicted molar refractivity (Wildman–Crippen MR) is 92.2 cm³/mol. The molecule has 0 spiro atoms. The summed E-state index contributed by atoms with van der Waals surface area (Å²) in [7, 11) is 0. The summed E-state index contributed by atoms with van der Waals surface area (Å²) in [4.78, 5) is 17.1. The number of fused-ring (bicyclic) bond motifs is 1. The minimum absolute atomic E-state index is 0.195. The lowest BCUT2D eigenvalue weighted by molar-refractivity contribution is 0.0965.